The molecule has 0 radical (unpaired) electrons. The lowest BCUT2D eigenvalue weighted by atomic mass is 10.0. The van der Waals surface area contributed by atoms with Crippen LogP contribution >= 0.6 is 0 Å². The molecule has 0 spiro atoms. The molecule has 4 saturated carbocycles. The van der Waals surface area contributed by atoms with Gasteiger partial charge in [-0.1, -0.05) is 0 Å². The van der Waals surface area contributed by atoms with Crippen molar-refractivity contribution < 1.29 is 0 Å². The molecule has 0 aliphatic heterocycles. The van der Waals surface area contributed by atoms with Crippen molar-refractivity contribution in [1.29, 1.82) is 0 Å². The normalized spacial score (nSPS) is 48.4. The van der Waals surface area contributed by atoms with Crippen LogP contribution in [-0.4, -0.2) is 25.7 Å². The maximum atomic E-state index is 3.67. The van der Waals surface area contributed by atoms with E-state index in [2.05, 4.69) is 10.6 Å². The summed E-state index contributed by atoms with van der Waals surface area (Å²) in [6, 6.07) is 0.873. The van der Waals surface area contributed by atoms with Gasteiger partial charge in [-0.25, -0.2) is 0 Å². The van der Waals surface area contributed by atoms with Crippen LogP contribution in [0.25, 0.3) is 0 Å². The quantitative estimate of drug-likeness (QED) is 0.665. The fourth-order valence-corrected chi connectivity index (χ4v) is 4.70. The fraction of sp³-hybridized carbons (Fsp3) is 1.00. The number of hydrogen-bond donors (Lipinski definition) is 2. The van der Waals surface area contributed by atoms with Gasteiger partial charge in [-0.05, 0) is 68.2 Å². The van der Waals surface area contributed by atoms with E-state index >= 15 is 0 Å². The number of rotatable bonds is 6. The van der Waals surface area contributed by atoms with Crippen LogP contribution in [-0.2, 0) is 0 Å². The molecule has 2 heteroatoms. The lowest BCUT2D eigenvalue weighted by molar-refractivity contribution is 0.441. The summed E-state index contributed by atoms with van der Waals surface area (Å²) in [6.07, 6.45) is 7.54. The molecule has 4 aliphatic carbocycles. The Morgan fingerprint density at radius 1 is 0.875 bits per heavy atom. The Bertz CT molecular complexity index is 258. The van der Waals surface area contributed by atoms with Gasteiger partial charge >= 0.3 is 0 Å². The highest BCUT2D eigenvalue weighted by molar-refractivity contribution is 5.13. The Morgan fingerprint density at radius 2 is 1.62 bits per heavy atom. The van der Waals surface area contributed by atoms with Crippen molar-refractivity contribution in [3.63, 3.8) is 0 Å². The van der Waals surface area contributed by atoms with E-state index in [1.165, 1.54) is 32.5 Å². The van der Waals surface area contributed by atoms with Crippen LogP contribution in [0.15, 0.2) is 0 Å². The molecule has 4 unspecified atom stereocenters. The second kappa shape index (κ2) is 3.71. The van der Waals surface area contributed by atoms with Crippen LogP contribution in [0.2, 0.25) is 0 Å². The lowest BCUT2D eigenvalue weighted by Crippen LogP contribution is -2.30. The SMILES string of the molecule is C(CNC1CC1)NCC1C2C3CCC(C3)C12. The van der Waals surface area contributed by atoms with Crippen LogP contribution in [0.3, 0.4) is 0 Å². The standard InChI is InChI=1S/C14H24N2/c1-2-10-7-9(1)13-12(14(10)13)8-15-5-6-16-11-3-4-11/h9-16H,1-8H2. The number of hydrogen-bond acceptors (Lipinski definition) is 2. The number of nitrogens with one attached hydrogen (secondary N) is 2. The van der Waals surface area contributed by atoms with E-state index in [0.29, 0.717) is 0 Å². The van der Waals surface area contributed by atoms with Gasteiger partial charge in [0.1, 0.15) is 0 Å². The molecule has 0 amide bonds. The van der Waals surface area contributed by atoms with Crippen LogP contribution < -0.4 is 10.6 Å². The Labute approximate surface area is 98.6 Å². The second-order valence-corrected chi connectivity index (χ2v) is 6.58. The molecule has 2 bridgehead atoms. The van der Waals surface area contributed by atoms with Gasteiger partial charge in [0, 0.05) is 19.1 Å². The smallest absolute Gasteiger partial charge is 0.00793 e. The Morgan fingerprint density at radius 3 is 2.31 bits per heavy atom. The molecule has 90 valence electrons. The monoisotopic (exact) mass is 220 g/mol. The van der Waals surface area contributed by atoms with Gasteiger partial charge in [-0.2, -0.15) is 0 Å². The molecule has 0 aromatic rings. The first-order valence-electron chi connectivity index (χ1n) is 7.37. The third-order valence-corrected chi connectivity index (χ3v) is 5.59. The van der Waals surface area contributed by atoms with Crippen molar-refractivity contribution in [2.24, 2.45) is 29.6 Å². The Kier molecular flexibility index (Phi) is 2.29. The first-order chi connectivity index (χ1) is 7.93. The zero-order chi connectivity index (χ0) is 10.5. The van der Waals surface area contributed by atoms with Gasteiger partial charge in [0.15, 0.2) is 0 Å². The maximum Gasteiger partial charge on any atom is 0.00793 e. The first kappa shape index (κ1) is 9.90. The third-order valence-electron chi connectivity index (χ3n) is 5.59. The fourth-order valence-electron chi connectivity index (χ4n) is 4.70. The zero-order valence-electron chi connectivity index (χ0n) is 10.1. The zero-order valence-corrected chi connectivity index (χ0v) is 10.1. The molecule has 0 saturated heterocycles. The Hall–Kier alpha value is -0.0800. The van der Waals surface area contributed by atoms with Gasteiger partial charge in [0.2, 0.25) is 0 Å². The van der Waals surface area contributed by atoms with E-state index in [-0.39, 0.29) is 0 Å². The van der Waals surface area contributed by atoms with Crippen molar-refractivity contribution in [2.45, 2.75) is 38.1 Å². The molecule has 0 aromatic carbocycles. The van der Waals surface area contributed by atoms with Crippen molar-refractivity contribution in [1.82, 2.24) is 10.6 Å². The first-order valence-corrected chi connectivity index (χ1v) is 7.37. The van der Waals surface area contributed by atoms with Crippen LogP contribution in [0.4, 0.5) is 0 Å². The predicted molar refractivity (Wildman–Crippen MR) is 65.2 cm³/mol. The average Bonchev–Trinajstić information content (AvgIpc) is 3.18. The van der Waals surface area contributed by atoms with E-state index in [1.807, 2.05) is 0 Å². The summed E-state index contributed by atoms with van der Waals surface area (Å²) in [5.74, 6) is 5.68. The van der Waals surface area contributed by atoms with E-state index in [9.17, 15) is 0 Å². The largest absolute Gasteiger partial charge is 0.315 e. The Balaban J connectivity index is 1.15. The second-order valence-electron chi connectivity index (χ2n) is 6.58. The third kappa shape index (κ3) is 1.62. The number of fused-ring (bicyclic) bond motifs is 5. The highest BCUT2D eigenvalue weighted by Gasteiger charge is 2.64. The maximum absolute atomic E-state index is 3.67. The minimum atomic E-state index is 0.873. The summed E-state index contributed by atoms with van der Waals surface area (Å²) in [4.78, 5) is 0. The summed E-state index contributed by atoms with van der Waals surface area (Å²) in [5, 5.41) is 7.23. The van der Waals surface area contributed by atoms with Crippen molar-refractivity contribution in [3.05, 3.63) is 0 Å². The minimum Gasteiger partial charge on any atom is -0.315 e. The van der Waals surface area contributed by atoms with Crippen LogP contribution in [0, 0.1) is 29.6 Å². The van der Waals surface area contributed by atoms with E-state index in [4.69, 9.17) is 0 Å². The summed E-state index contributed by atoms with van der Waals surface area (Å²) in [5.41, 5.74) is 0. The molecule has 4 aliphatic rings. The molecule has 0 aromatic heterocycles. The van der Waals surface area contributed by atoms with Gasteiger partial charge in [-0.15, -0.1) is 0 Å². The van der Waals surface area contributed by atoms with E-state index in [0.717, 1.165) is 35.6 Å². The molecule has 2 N–H and O–H groups in total. The highest BCUT2D eigenvalue weighted by atomic mass is 15.0. The van der Waals surface area contributed by atoms with Crippen molar-refractivity contribution >= 4 is 0 Å². The molecule has 4 rings (SSSR count). The molecule has 4 atom stereocenters. The molecule has 4 fully saturated rings. The average molecular weight is 220 g/mol. The molecule has 0 heterocycles. The van der Waals surface area contributed by atoms with Crippen LogP contribution in [0.1, 0.15) is 32.1 Å². The summed E-state index contributed by atoms with van der Waals surface area (Å²) >= 11 is 0. The summed E-state index contributed by atoms with van der Waals surface area (Å²) in [7, 11) is 0. The van der Waals surface area contributed by atoms with Crippen molar-refractivity contribution in [2.75, 3.05) is 19.6 Å². The lowest BCUT2D eigenvalue weighted by Gasteiger charge is -2.09. The van der Waals surface area contributed by atoms with Gasteiger partial charge in [0.25, 0.3) is 0 Å². The summed E-state index contributed by atoms with van der Waals surface area (Å²) in [6.45, 7) is 3.68. The molecular formula is C14H24N2. The summed E-state index contributed by atoms with van der Waals surface area (Å²) < 4.78 is 0. The topological polar surface area (TPSA) is 24.1 Å². The van der Waals surface area contributed by atoms with Crippen molar-refractivity contribution in [3.8, 4) is 0 Å². The predicted octanol–water partition coefficient (Wildman–Crippen LogP) is 1.62. The van der Waals surface area contributed by atoms with Gasteiger partial charge in [0.05, 0.1) is 0 Å². The van der Waals surface area contributed by atoms with E-state index in [1.54, 1.807) is 19.3 Å². The molecular weight excluding hydrogens is 196 g/mol. The highest BCUT2D eigenvalue weighted by Crippen LogP contribution is 2.69. The van der Waals surface area contributed by atoms with Crippen LogP contribution in [0.5, 0.6) is 0 Å². The van der Waals surface area contributed by atoms with Gasteiger partial charge < -0.3 is 10.6 Å². The van der Waals surface area contributed by atoms with Gasteiger partial charge in [-0.3, -0.25) is 0 Å². The molecule has 16 heavy (non-hydrogen) atoms. The molecule has 2 nitrogen and oxygen atoms in total. The van der Waals surface area contributed by atoms with E-state index < -0.39 is 0 Å². The minimum absolute atomic E-state index is 0.873.